The van der Waals surface area contributed by atoms with E-state index >= 15 is 0 Å². The largest absolute Gasteiger partial charge is 0.243 e. The van der Waals surface area contributed by atoms with Crippen LogP contribution in [0.1, 0.15) is 36.8 Å². The summed E-state index contributed by atoms with van der Waals surface area (Å²) in [6.07, 6.45) is 3.96. The van der Waals surface area contributed by atoms with E-state index in [0.29, 0.717) is 23.0 Å². The summed E-state index contributed by atoms with van der Waals surface area (Å²) >= 11 is 3.34. The number of hydrogen-bond acceptors (Lipinski definition) is 2. The molecule has 0 unspecified atom stereocenters. The van der Waals surface area contributed by atoms with Crippen LogP contribution in [0.5, 0.6) is 0 Å². The molecule has 0 amide bonds. The number of halogens is 2. The number of hydrogen-bond donors (Lipinski definition) is 0. The lowest BCUT2D eigenvalue weighted by atomic mass is 10.1. The highest BCUT2D eigenvalue weighted by Crippen LogP contribution is 2.31. The first-order valence-electron chi connectivity index (χ1n) is 7.22. The molecule has 1 aromatic rings. The zero-order valence-corrected chi connectivity index (χ0v) is 14.8. The first-order chi connectivity index (χ1) is 9.87. The predicted octanol–water partition coefficient (Wildman–Crippen LogP) is 3.77. The Morgan fingerprint density at radius 1 is 1.24 bits per heavy atom. The molecule has 6 heteroatoms. The second-order valence-corrected chi connectivity index (χ2v) is 8.23. The zero-order chi connectivity index (χ0) is 15.6. The maximum atomic E-state index is 13.4. The molecular formula is C15H21BrFNO2S. The monoisotopic (exact) mass is 377 g/mol. The van der Waals surface area contributed by atoms with Crippen molar-refractivity contribution in [2.75, 3.05) is 11.9 Å². The number of aryl methyl sites for hydroxylation is 2. The first-order valence-corrected chi connectivity index (χ1v) is 9.78. The van der Waals surface area contributed by atoms with E-state index < -0.39 is 15.8 Å². The van der Waals surface area contributed by atoms with Gasteiger partial charge in [-0.05, 0) is 49.9 Å². The Morgan fingerprint density at radius 2 is 1.76 bits per heavy atom. The number of sulfonamides is 1. The van der Waals surface area contributed by atoms with Crippen LogP contribution in [0.2, 0.25) is 0 Å². The van der Waals surface area contributed by atoms with Crippen LogP contribution in [0.15, 0.2) is 17.0 Å². The molecule has 0 spiro atoms. The topological polar surface area (TPSA) is 37.4 Å². The molecular weight excluding hydrogens is 357 g/mol. The van der Waals surface area contributed by atoms with Gasteiger partial charge in [0.2, 0.25) is 10.0 Å². The van der Waals surface area contributed by atoms with E-state index in [1.165, 1.54) is 12.1 Å². The SMILES string of the molecule is Cc1cc(F)cc(C)c1S(=O)(=O)N(CCBr)C1CCCC1. The molecule has 0 N–H and O–H groups in total. The zero-order valence-electron chi connectivity index (χ0n) is 12.4. The Bertz CT molecular complexity index is 589. The summed E-state index contributed by atoms with van der Waals surface area (Å²) in [6.45, 7) is 3.76. The minimum Gasteiger partial charge on any atom is -0.207 e. The molecule has 0 bridgehead atoms. The molecule has 1 saturated carbocycles. The Balaban J connectivity index is 2.48. The summed E-state index contributed by atoms with van der Waals surface area (Å²) in [5.74, 6) is -0.392. The van der Waals surface area contributed by atoms with E-state index in [0.717, 1.165) is 25.7 Å². The van der Waals surface area contributed by atoms with Gasteiger partial charge in [0.25, 0.3) is 0 Å². The van der Waals surface area contributed by atoms with Gasteiger partial charge in [-0.15, -0.1) is 0 Å². The average molecular weight is 378 g/mol. The highest BCUT2D eigenvalue weighted by molar-refractivity contribution is 9.09. The van der Waals surface area contributed by atoms with E-state index in [1.807, 2.05) is 0 Å². The average Bonchev–Trinajstić information content (AvgIpc) is 2.87. The molecule has 0 radical (unpaired) electrons. The smallest absolute Gasteiger partial charge is 0.207 e. The minimum absolute atomic E-state index is 0.0661. The normalized spacial score (nSPS) is 16.8. The van der Waals surface area contributed by atoms with Crippen molar-refractivity contribution in [2.45, 2.75) is 50.5 Å². The second kappa shape index (κ2) is 6.75. The third kappa shape index (κ3) is 3.48. The maximum Gasteiger partial charge on any atom is 0.243 e. The molecule has 1 aliphatic rings. The van der Waals surface area contributed by atoms with Crippen molar-refractivity contribution in [2.24, 2.45) is 0 Å². The van der Waals surface area contributed by atoms with Gasteiger partial charge in [0.15, 0.2) is 0 Å². The van der Waals surface area contributed by atoms with Crippen molar-refractivity contribution in [3.63, 3.8) is 0 Å². The molecule has 1 fully saturated rings. The van der Waals surface area contributed by atoms with Crippen molar-refractivity contribution in [3.05, 3.63) is 29.1 Å². The molecule has 0 heterocycles. The van der Waals surface area contributed by atoms with Crippen LogP contribution in [0, 0.1) is 19.7 Å². The second-order valence-electron chi connectivity index (χ2n) is 5.61. The lowest BCUT2D eigenvalue weighted by molar-refractivity contribution is 0.337. The highest BCUT2D eigenvalue weighted by Gasteiger charge is 2.34. The Hall–Kier alpha value is -0.460. The highest BCUT2D eigenvalue weighted by atomic mass is 79.9. The van der Waals surface area contributed by atoms with Gasteiger partial charge < -0.3 is 0 Å². The predicted molar refractivity (Wildman–Crippen MR) is 85.8 cm³/mol. The molecule has 2 rings (SSSR count). The van der Waals surface area contributed by atoms with Gasteiger partial charge in [0.1, 0.15) is 5.82 Å². The van der Waals surface area contributed by atoms with Crippen molar-refractivity contribution in [1.29, 1.82) is 0 Å². The van der Waals surface area contributed by atoms with Crippen LogP contribution < -0.4 is 0 Å². The quantitative estimate of drug-likeness (QED) is 0.732. The van der Waals surface area contributed by atoms with E-state index in [9.17, 15) is 12.8 Å². The van der Waals surface area contributed by atoms with Crippen molar-refractivity contribution in [3.8, 4) is 0 Å². The summed E-state index contributed by atoms with van der Waals surface area (Å²) in [4.78, 5) is 0.261. The summed E-state index contributed by atoms with van der Waals surface area (Å²) in [5.41, 5.74) is 0.954. The van der Waals surface area contributed by atoms with E-state index in [2.05, 4.69) is 15.9 Å². The molecule has 0 saturated heterocycles. The van der Waals surface area contributed by atoms with Crippen LogP contribution in [0.4, 0.5) is 4.39 Å². The van der Waals surface area contributed by atoms with Crippen molar-refractivity contribution < 1.29 is 12.8 Å². The lowest BCUT2D eigenvalue weighted by Gasteiger charge is -2.28. The van der Waals surface area contributed by atoms with Crippen LogP contribution in [0.3, 0.4) is 0 Å². The number of alkyl halides is 1. The van der Waals surface area contributed by atoms with Crippen LogP contribution in [0.25, 0.3) is 0 Å². The number of rotatable bonds is 5. The lowest BCUT2D eigenvalue weighted by Crippen LogP contribution is -2.40. The Morgan fingerprint density at radius 3 is 2.24 bits per heavy atom. The fourth-order valence-electron chi connectivity index (χ4n) is 3.20. The Kier molecular flexibility index (Phi) is 5.43. The standard InChI is InChI=1S/C15H21BrFNO2S/c1-11-9-13(17)10-12(2)15(11)21(19,20)18(8-7-16)14-5-3-4-6-14/h9-10,14H,3-8H2,1-2H3. The number of nitrogens with zero attached hydrogens (tertiary/aromatic N) is 1. The van der Waals surface area contributed by atoms with Gasteiger partial charge in [-0.2, -0.15) is 4.31 Å². The van der Waals surface area contributed by atoms with Gasteiger partial charge in [-0.1, -0.05) is 28.8 Å². The molecule has 118 valence electrons. The summed E-state index contributed by atoms with van der Waals surface area (Å²) < 4.78 is 41.1. The Labute approximate surface area is 134 Å². The fraction of sp³-hybridized carbons (Fsp3) is 0.600. The number of benzene rings is 1. The molecule has 21 heavy (non-hydrogen) atoms. The fourth-order valence-corrected chi connectivity index (χ4v) is 5.91. The van der Waals surface area contributed by atoms with Crippen LogP contribution in [-0.4, -0.2) is 30.6 Å². The third-order valence-corrected chi connectivity index (χ3v) is 6.64. The van der Waals surface area contributed by atoms with Gasteiger partial charge >= 0.3 is 0 Å². The molecule has 0 aliphatic heterocycles. The molecule has 0 aromatic heterocycles. The summed E-state index contributed by atoms with van der Waals surface area (Å²) in [7, 11) is -3.59. The van der Waals surface area contributed by atoms with E-state index in [-0.39, 0.29) is 10.9 Å². The molecule has 1 aromatic carbocycles. The van der Waals surface area contributed by atoms with Crippen molar-refractivity contribution >= 4 is 26.0 Å². The van der Waals surface area contributed by atoms with Gasteiger partial charge in [0, 0.05) is 17.9 Å². The van der Waals surface area contributed by atoms with Gasteiger partial charge in [-0.25, -0.2) is 12.8 Å². The van der Waals surface area contributed by atoms with Crippen molar-refractivity contribution in [1.82, 2.24) is 4.31 Å². The van der Waals surface area contributed by atoms with Crippen LogP contribution >= 0.6 is 15.9 Å². The van der Waals surface area contributed by atoms with E-state index in [4.69, 9.17) is 0 Å². The summed E-state index contributed by atoms with van der Waals surface area (Å²) in [5, 5.41) is 0.599. The molecule has 1 aliphatic carbocycles. The van der Waals surface area contributed by atoms with Gasteiger partial charge in [0.05, 0.1) is 4.90 Å². The first kappa shape index (κ1) is 16.9. The maximum absolute atomic E-state index is 13.4. The molecule has 0 atom stereocenters. The minimum atomic E-state index is -3.59. The van der Waals surface area contributed by atoms with E-state index in [1.54, 1.807) is 18.2 Å². The van der Waals surface area contributed by atoms with Gasteiger partial charge in [-0.3, -0.25) is 0 Å². The van der Waals surface area contributed by atoms with Crippen LogP contribution in [-0.2, 0) is 10.0 Å². The summed E-state index contributed by atoms with van der Waals surface area (Å²) in [6, 6.07) is 2.65. The third-order valence-electron chi connectivity index (χ3n) is 4.03. The molecule has 3 nitrogen and oxygen atoms in total.